The second-order valence-corrected chi connectivity index (χ2v) is 6.35. The molecule has 2 aromatic rings. The van der Waals surface area contributed by atoms with Gasteiger partial charge >= 0.3 is 0 Å². The van der Waals surface area contributed by atoms with E-state index in [2.05, 4.69) is 44.0 Å². The number of halogens is 1. The Morgan fingerprint density at radius 3 is 2.30 bits per heavy atom. The van der Waals surface area contributed by atoms with E-state index in [1.807, 2.05) is 45.4 Å². The molecule has 0 aliphatic rings. The van der Waals surface area contributed by atoms with Crippen molar-refractivity contribution in [2.75, 3.05) is 20.6 Å². The van der Waals surface area contributed by atoms with Gasteiger partial charge in [-0.15, -0.1) is 0 Å². The fourth-order valence-corrected chi connectivity index (χ4v) is 2.56. The van der Waals surface area contributed by atoms with Gasteiger partial charge < -0.3 is 10.6 Å². The van der Waals surface area contributed by atoms with E-state index in [-0.39, 0.29) is 0 Å². The molecule has 1 aromatic heterocycles. The van der Waals surface area contributed by atoms with Crippen molar-refractivity contribution in [1.82, 2.24) is 9.88 Å². The molecule has 1 atom stereocenters. The summed E-state index contributed by atoms with van der Waals surface area (Å²) >= 11 is 3.46. The van der Waals surface area contributed by atoms with Crippen molar-refractivity contribution >= 4 is 15.9 Å². The molecule has 1 unspecified atom stereocenters. The minimum atomic E-state index is -0.613. The van der Waals surface area contributed by atoms with Crippen LogP contribution in [0.15, 0.2) is 47.1 Å². The van der Waals surface area contributed by atoms with Crippen LogP contribution in [0, 0.1) is 6.92 Å². The molecular weight excluding hydrogens is 314 g/mol. The first-order chi connectivity index (χ1) is 9.41. The van der Waals surface area contributed by atoms with Crippen molar-refractivity contribution in [3.8, 4) is 0 Å². The van der Waals surface area contributed by atoms with Gasteiger partial charge in [-0.05, 0) is 50.3 Å². The molecule has 2 N–H and O–H groups in total. The fourth-order valence-electron chi connectivity index (χ4n) is 2.30. The van der Waals surface area contributed by atoms with E-state index in [1.54, 1.807) is 0 Å². The summed E-state index contributed by atoms with van der Waals surface area (Å²) in [5, 5.41) is 0. The zero-order valence-corrected chi connectivity index (χ0v) is 13.7. The first kappa shape index (κ1) is 15.2. The number of hydrogen-bond acceptors (Lipinski definition) is 3. The Balaban J connectivity index is 2.49. The molecule has 1 aromatic carbocycles. The highest BCUT2D eigenvalue weighted by Crippen LogP contribution is 2.27. The highest BCUT2D eigenvalue weighted by molar-refractivity contribution is 9.10. The van der Waals surface area contributed by atoms with Crippen LogP contribution in [0.25, 0.3) is 0 Å². The molecule has 2 rings (SSSR count). The average Bonchev–Trinajstić information content (AvgIpc) is 2.39. The maximum atomic E-state index is 6.72. The summed E-state index contributed by atoms with van der Waals surface area (Å²) in [6.07, 6.45) is 1.87. The van der Waals surface area contributed by atoms with Crippen molar-refractivity contribution in [3.63, 3.8) is 0 Å². The standard InChI is InChI=1S/C16H20BrN3/c1-12-4-9-15(19-10-12)16(18,11-20(2)3)13-5-7-14(17)8-6-13/h4-10H,11,18H2,1-3H3. The Bertz CT molecular complexity index is 516. The summed E-state index contributed by atoms with van der Waals surface area (Å²) in [6.45, 7) is 2.73. The van der Waals surface area contributed by atoms with Gasteiger partial charge in [0.05, 0.1) is 11.2 Å². The van der Waals surface area contributed by atoms with Gasteiger partial charge in [0.15, 0.2) is 0 Å². The molecule has 0 saturated carbocycles. The number of nitrogens with zero attached hydrogens (tertiary/aromatic N) is 2. The van der Waals surface area contributed by atoms with E-state index in [4.69, 9.17) is 5.73 Å². The normalized spacial score (nSPS) is 14.3. The van der Waals surface area contributed by atoms with Crippen LogP contribution in [0.2, 0.25) is 0 Å². The highest BCUT2D eigenvalue weighted by atomic mass is 79.9. The van der Waals surface area contributed by atoms with E-state index < -0.39 is 5.54 Å². The topological polar surface area (TPSA) is 42.1 Å². The molecule has 0 bridgehead atoms. The SMILES string of the molecule is Cc1ccc(C(N)(CN(C)C)c2ccc(Br)cc2)nc1. The molecule has 0 saturated heterocycles. The molecule has 0 amide bonds. The third kappa shape index (κ3) is 3.26. The van der Waals surface area contributed by atoms with Gasteiger partial charge in [-0.2, -0.15) is 0 Å². The van der Waals surface area contributed by atoms with E-state index >= 15 is 0 Å². The predicted molar refractivity (Wildman–Crippen MR) is 86.6 cm³/mol. The van der Waals surface area contributed by atoms with Gasteiger partial charge in [0.2, 0.25) is 0 Å². The molecule has 0 fully saturated rings. The molecule has 20 heavy (non-hydrogen) atoms. The molecule has 106 valence electrons. The molecule has 0 aliphatic carbocycles. The minimum absolute atomic E-state index is 0.613. The van der Waals surface area contributed by atoms with Crippen LogP contribution < -0.4 is 5.73 Å². The zero-order chi connectivity index (χ0) is 14.8. The zero-order valence-electron chi connectivity index (χ0n) is 12.1. The summed E-state index contributed by atoms with van der Waals surface area (Å²) in [6, 6.07) is 12.2. The monoisotopic (exact) mass is 333 g/mol. The van der Waals surface area contributed by atoms with Crippen molar-refractivity contribution in [2.45, 2.75) is 12.5 Å². The highest BCUT2D eigenvalue weighted by Gasteiger charge is 2.31. The summed E-state index contributed by atoms with van der Waals surface area (Å²) in [5.74, 6) is 0. The van der Waals surface area contributed by atoms with Crippen LogP contribution in [-0.4, -0.2) is 30.5 Å². The molecule has 4 heteroatoms. The number of aromatic nitrogens is 1. The smallest absolute Gasteiger partial charge is 0.0967 e. The number of hydrogen-bond donors (Lipinski definition) is 1. The lowest BCUT2D eigenvalue weighted by Crippen LogP contribution is -2.47. The summed E-state index contributed by atoms with van der Waals surface area (Å²) in [4.78, 5) is 6.63. The number of rotatable bonds is 4. The molecule has 0 radical (unpaired) electrons. The number of nitrogens with two attached hydrogens (primary N) is 1. The quantitative estimate of drug-likeness (QED) is 0.935. The Morgan fingerprint density at radius 2 is 1.80 bits per heavy atom. The van der Waals surface area contributed by atoms with Gasteiger partial charge in [-0.1, -0.05) is 34.1 Å². The minimum Gasteiger partial charge on any atom is -0.315 e. The maximum absolute atomic E-state index is 6.72. The van der Waals surface area contributed by atoms with Crippen LogP contribution in [0.1, 0.15) is 16.8 Å². The van der Waals surface area contributed by atoms with Crippen molar-refractivity contribution in [1.29, 1.82) is 0 Å². The summed E-state index contributed by atoms with van der Waals surface area (Å²) < 4.78 is 1.05. The largest absolute Gasteiger partial charge is 0.315 e. The van der Waals surface area contributed by atoms with Crippen LogP contribution in [0.4, 0.5) is 0 Å². The van der Waals surface area contributed by atoms with Gasteiger partial charge in [-0.3, -0.25) is 4.98 Å². The predicted octanol–water partition coefficient (Wildman–Crippen LogP) is 2.92. The molecule has 0 spiro atoms. The van der Waals surface area contributed by atoms with E-state index in [0.717, 1.165) is 21.3 Å². The van der Waals surface area contributed by atoms with Gasteiger partial charge in [-0.25, -0.2) is 0 Å². The van der Waals surface area contributed by atoms with E-state index in [1.165, 1.54) is 0 Å². The Morgan fingerprint density at radius 1 is 1.15 bits per heavy atom. The first-order valence-electron chi connectivity index (χ1n) is 6.54. The molecule has 1 heterocycles. The second-order valence-electron chi connectivity index (χ2n) is 5.44. The van der Waals surface area contributed by atoms with Crippen molar-refractivity contribution in [3.05, 3.63) is 63.9 Å². The van der Waals surface area contributed by atoms with E-state index in [0.29, 0.717) is 6.54 Å². The second kappa shape index (κ2) is 6.04. The fraction of sp³-hybridized carbons (Fsp3) is 0.312. The Hall–Kier alpha value is -1.23. The lowest BCUT2D eigenvalue weighted by molar-refractivity contribution is 0.317. The van der Waals surface area contributed by atoms with Crippen molar-refractivity contribution in [2.24, 2.45) is 5.73 Å². The number of likely N-dealkylation sites (N-methyl/N-ethyl adjacent to an activating group) is 1. The van der Waals surface area contributed by atoms with Crippen LogP contribution in [0.5, 0.6) is 0 Å². The number of pyridine rings is 1. The lowest BCUT2D eigenvalue weighted by atomic mass is 9.86. The third-order valence-corrected chi connectivity index (χ3v) is 3.82. The average molecular weight is 334 g/mol. The van der Waals surface area contributed by atoms with Crippen LogP contribution in [0.3, 0.4) is 0 Å². The Kier molecular flexibility index (Phi) is 4.58. The lowest BCUT2D eigenvalue weighted by Gasteiger charge is -2.32. The summed E-state index contributed by atoms with van der Waals surface area (Å²) in [5.41, 5.74) is 9.19. The van der Waals surface area contributed by atoms with Gasteiger partial charge in [0, 0.05) is 17.2 Å². The van der Waals surface area contributed by atoms with E-state index in [9.17, 15) is 0 Å². The van der Waals surface area contributed by atoms with Crippen molar-refractivity contribution < 1.29 is 0 Å². The molecule has 0 aliphatic heterocycles. The van der Waals surface area contributed by atoms with Gasteiger partial charge in [0.25, 0.3) is 0 Å². The number of aryl methyl sites for hydroxylation is 1. The Labute approximate surface area is 129 Å². The first-order valence-corrected chi connectivity index (χ1v) is 7.34. The van der Waals surface area contributed by atoms with Gasteiger partial charge in [0.1, 0.15) is 0 Å². The molecular formula is C16H20BrN3. The van der Waals surface area contributed by atoms with Crippen LogP contribution in [-0.2, 0) is 5.54 Å². The van der Waals surface area contributed by atoms with Crippen LogP contribution >= 0.6 is 15.9 Å². The third-order valence-electron chi connectivity index (χ3n) is 3.29. The summed E-state index contributed by atoms with van der Waals surface area (Å²) in [7, 11) is 4.04. The molecule has 3 nitrogen and oxygen atoms in total. The maximum Gasteiger partial charge on any atom is 0.0967 e. The number of benzene rings is 1.